The number of aliphatic hydroxyl groups is 2. The van der Waals surface area contributed by atoms with Gasteiger partial charge in [0.15, 0.2) is 0 Å². The van der Waals surface area contributed by atoms with E-state index in [0.717, 1.165) is 18.4 Å². The van der Waals surface area contributed by atoms with Gasteiger partial charge in [-0.2, -0.15) is 0 Å². The molecule has 7 heteroatoms. The molecule has 1 aromatic carbocycles. The molecule has 7 nitrogen and oxygen atoms in total. The summed E-state index contributed by atoms with van der Waals surface area (Å²) in [4.78, 5) is 24.2. The fourth-order valence-electron chi connectivity index (χ4n) is 4.23. The van der Waals surface area contributed by atoms with E-state index in [2.05, 4.69) is 0 Å². The van der Waals surface area contributed by atoms with Gasteiger partial charge in [-0.3, -0.25) is 4.79 Å². The lowest BCUT2D eigenvalue weighted by molar-refractivity contribution is -0.157. The Morgan fingerprint density at radius 1 is 1.15 bits per heavy atom. The average molecular weight is 463 g/mol. The van der Waals surface area contributed by atoms with E-state index in [0.29, 0.717) is 25.7 Å². The third-order valence-corrected chi connectivity index (χ3v) is 5.98. The van der Waals surface area contributed by atoms with E-state index in [1.165, 1.54) is 0 Å². The number of carbonyl (C=O) groups excluding carboxylic acids is 2. The third kappa shape index (κ3) is 9.56. The van der Waals surface area contributed by atoms with Crippen molar-refractivity contribution in [1.82, 2.24) is 0 Å². The monoisotopic (exact) mass is 462 g/mol. The van der Waals surface area contributed by atoms with Gasteiger partial charge in [0.05, 0.1) is 18.8 Å². The molecule has 5 atom stereocenters. The number of unbranched alkanes of at least 4 members (excludes halogenated alkanes) is 1. The van der Waals surface area contributed by atoms with Crippen LogP contribution in [-0.2, 0) is 25.4 Å². The number of hydrogen-bond donors (Lipinski definition) is 2. The standard InChI is InChI=1S/C26H38O7/c1-3-5-6-10-13-24(29)33-25-21(22(27)18-23(25)28)17-16-20(32-26(30)31-4-2)15-14-19-11-8-7-9-12-19/h3,5,7-9,11-12,20-23,25,27-28H,4,6,10,13-18H2,1-2H3/t20-,21+,22+,23-,25+/m0/s1. The van der Waals surface area contributed by atoms with Gasteiger partial charge < -0.3 is 24.4 Å². The van der Waals surface area contributed by atoms with E-state index in [1.54, 1.807) is 6.92 Å². The Morgan fingerprint density at radius 3 is 2.61 bits per heavy atom. The first-order chi connectivity index (χ1) is 15.9. The maximum Gasteiger partial charge on any atom is 0.508 e. The smallest absolute Gasteiger partial charge is 0.459 e. The molecule has 0 aromatic heterocycles. The van der Waals surface area contributed by atoms with Gasteiger partial charge in [-0.15, -0.1) is 0 Å². The summed E-state index contributed by atoms with van der Waals surface area (Å²) in [5.74, 6) is -0.782. The Hall–Kier alpha value is -2.38. The van der Waals surface area contributed by atoms with Gasteiger partial charge in [0, 0.05) is 18.8 Å². The molecule has 2 N–H and O–H groups in total. The molecule has 184 valence electrons. The van der Waals surface area contributed by atoms with Crippen molar-refractivity contribution in [2.45, 2.75) is 89.6 Å². The van der Waals surface area contributed by atoms with Crippen LogP contribution in [0.15, 0.2) is 42.5 Å². The van der Waals surface area contributed by atoms with Gasteiger partial charge in [0.2, 0.25) is 0 Å². The van der Waals surface area contributed by atoms with Crippen LogP contribution in [0.25, 0.3) is 0 Å². The Labute approximate surface area is 196 Å². The van der Waals surface area contributed by atoms with Crippen LogP contribution in [0.3, 0.4) is 0 Å². The molecule has 1 fully saturated rings. The fraction of sp³-hybridized carbons (Fsp3) is 0.615. The topological polar surface area (TPSA) is 102 Å². The lowest BCUT2D eigenvalue weighted by Gasteiger charge is -2.25. The van der Waals surface area contributed by atoms with E-state index >= 15 is 0 Å². The number of aryl methyl sites for hydroxylation is 1. The molecule has 0 radical (unpaired) electrons. The van der Waals surface area contributed by atoms with Crippen molar-refractivity contribution >= 4 is 12.1 Å². The van der Waals surface area contributed by atoms with Gasteiger partial charge in [0.25, 0.3) is 0 Å². The number of ether oxygens (including phenoxy) is 3. The summed E-state index contributed by atoms with van der Waals surface area (Å²) in [5.41, 5.74) is 1.14. The second-order valence-electron chi connectivity index (χ2n) is 8.47. The number of hydrogen-bond acceptors (Lipinski definition) is 7. The normalized spacial score (nSPS) is 23.4. The van der Waals surface area contributed by atoms with E-state index in [1.807, 2.05) is 49.4 Å². The number of rotatable bonds is 13. The van der Waals surface area contributed by atoms with Crippen molar-refractivity contribution in [1.29, 1.82) is 0 Å². The molecule has 0 spiro atoms. The largest absolute Gasteiger partial charge is 0.508 e. The summed E-state index contributed by atoms with van der Waals surface area (Å²) in [6.07, 6.45) is 4.50. The van der Waals surface area contributed by atoms with Crippen LogP contribution >= 0.6 is 0 Å². The molecule has 0 unspecified atom stereocenters. The lowest BCUT2D eigenvalue weighted by atomic mass is 9.93. The van der Waals surface area contributed by atoms with Crippen LogP contribution in [0, 0.1) is 5.92 Å². The molecule has 2 rings (SSSR count). The Morgan fingerprint density at radius 2 is 1.91 bits per heavy atom. The molecule has 0 heterocycles. The SMILES string of the molecule is CC=CCCCC(=O)O[C@@H]1[C@H](CC[C@H](CCc2ccccc2)OC(=O)OCC)[C@H](O)C[C@@H]1O. The molecule has 1 aliphatic rings. The van der Waals surface area contributed by atoms with Gasteiger partial charge in [-0.05, 0) is 57.9 Å². The molecule has 0 bridgehead atoms. The average Bonchev–Trinajstić information content (AvgIpc) is 3.06. The van der Waals surface area contributed by atoms with E-state index in [9.17, 15) is 19.8 Å². The minimum atomic E-state index is -0.904. The van der Waals surface area contributed by atoms with Crippen molar-refractivity contribution in [3.8, 4) is 0 Å². The molecule has 0 amide bonds. The lowest BCUT2D eigenvalue weighted by Crippen LogP contribution is -2.34. The molecular weight excluding hydrogens is 424 g/mol. The first kappa shape index (κ1) is 26.9. The highest BCUT2D eigenvalue weighted by molar-refractivity contribution is 5.69. The number of allylic oxidation sites excluding steroid dienone is 2. The van der Waals surface area contributed by atoms with Gasteiger partial charge in [0.1, 0.15) is 12.2 Å². The van der Waals surface area contributed by atoms with E-state index in [4.69, 9.17) is 14.2 Å². The zero-order chi connectivity index (χ0) is 24.1. The predicted octanol–water partition coefficient (Wildman–Crippen LogP) is 4.34. The second-order valence-corrected chi connectivity index (χ2v) is 8.47. The fourth-order valence-corrected chi connectivity index (χ4v) is 4.23. The van der Waals surface area contributed by atoms with Crippen LogP contribution < -0.4 is 0 Å². The van der Waals surface area contributed by atoms with Crippen LogP contribution in [0.2, 0.25) is 0 Å². The molecule has 1 aliphatic carbocycles. The summed E-state index contributed by atoms with van der Waals surface area (Å²) < 4.78 is 16.0. The minimum absolute atomic E-state index is 0.161. The summed E-state index contributed by atoms with van der Waals surface area (Å²) in [7, 11) is 0. The zero-order valence-electron chi connectivity index (χ0n) is 19.7. The molecule has 0 saturated heterocycles. The quantitative estimate of drug-likeness (QED) is 0.255. The maximum atomic E-state index is 12.2. The van der Waals surface area contributed by atoms with Crippen molar-refractivity contribution in [3.05, 3.63) is 48.0 Å². The number of esters is 1. The first-order valence-corrected chi connectivity index (χ1v) is 12.0. The highest BCUT2D eigenvalue weighted by Gasteiger charge is 2.44. The van der Waals surface area contributed by atoms with Crippen molar-refractivity contribution in [3.63, 3.8) is 0 Å². The van der Waals surface area contributed by atoms with Crippen LogP contribution in [0.4, 0.5) is 4.79 Å². The number of aliphatic hydroxyl groups excluding tert-OH is 2. The number of benzene rings is 1. The molecule has 33 heavy (non-hydrogen) atoms. The highest BCUT2D eigenvalue weighted by atomic mass is 16.7. The Bertz CT molecular complexity index is 733. The Balaban J connectivity index is 1.94. The third-order valence-electron chi connectivity index (χ3n) is 5.98. The predicted molar refractivity (Wildman–Crippen MR) is 125 cm³/mol. The Kier molecular flexibility index (Phi) is 12.0. The zero-order valence-corrected chi connectivity index (χ0v) is 19.7. The van der Waals surface area contributed by atoms with Gasteiger partial charge >= 0.3 is 12.1 Å². The minimum Gasteiger partial charge on any atom is -0.459 e. The van der Waals surface area contributed by atoms with E-state index < -0.39 is 36.5 Å². The second kappa shape index (κ2) is 14.7. The maximum absolute atomic E-state index is 12.2. The van der Waals surface area contributed by atoms with Gasteiger partial charge in [-0.25, -0.2) is 4.79 Å². The van der Waals surface area contributed by atoms with Crippen LogP contribution in [0.1, 0.15) is 64.4 Å². The summed E-state index contributed by atoms with van der Waals surface area (Å²) in [6.45, 7) is 3.87. The van der Waals surface area contributed by atoms with Crippen molar-refractivity contribution in [2.24, 2.45) is 5.92 Å². The van der Waals surface area contributed by atoms with Gasteiger partial charge in [-0.1, -0.05) is 42.5 Å². The highest BCUT2D eigenvalue weighted by Crippen LogP contribution is 2.34. The molecule has 1 saturated carbocycles. The molecular formula is C26H38O7. The van der Waals surface area contributed by atoms with Crippen LogP contribution in [0.5, 0.6) is 0 Å². The van der Waals surface area contributed by atoms with Crippen molar-refractivity contribution < 1.29 is 34.0 Å². The summed E-state index contributed by atoms with van der Waals surface area (Å²) in [6, 6.07) is 9.91. The summed E-state index contributed by atoms with van der Waals surface area (Å²) >= 11 is 0. The first-order valence-electron chi connectivity index (χ1n) is 12.0. The molecule has 0 aliphatic heterocycles. The van der Waals surface area contributed by atoms with Crippen molar-refractivity contribution in [2.75, 3.05) is 6.61 Å². The summed E-state index contributed by atoms with van der Waals surface area (Å²) in [5, 5.41) is 20.8. The molecule has 1 aromatic rings. The van der Waals surface area contributed by atoms with Crippen LogP contribution in [-0.4, -0.2) is 53.4 Å². The number of carbonyl (C=O) groups is 2. The van der Waals surface area contributed by atoms with E-state index in [-0.39, 0.29) is 25.4 Å².